The molecule has 0 fully saturated rings. The fourth-order valence-corrected chi connectivity index (χ4v) is 2.23. The number of aryl methyl sites for hydroxylation is 1. The number of unbranched alkanes of at least 4 members (excludes halogenated alkanes) is 1. The summed E-state index contributed by atoms with van der Waals surface area (Å²) in [5.41, 5.74) is 3.85. The maximum atomic E-state index is 4.33. The van der Waals surface area contributed by atoms with E-state index in [-0.39, 0.29) is 0 Å². The molecule has 0 aliphatic rings. The molecule has 0 saturated carbocycles. The summed E-state index contributed by atoms with van der Waals surface area (Å²) in [4.78, 5) is 4.33. The summed E-state index contributed by atoms with van der Waals surface area (Å²) < 4.78 is 0. The normalized spacial score (nSPS) is 12.3. The van der Waals surface area contributed by atoms with E-state index in [2.05, 4.69) is 48.4 Å². The fraction of sp³-hybridized carbons (Fsp3) is 0.389. The second kappa shape index (κ2) is 7.81. The Bertz CT molecular complexity index is 491. The van der Waals surface area contributed by atoms with Gasteiger partial charge in [0.2, 0.25) is 0 Å². The number of hydrogen-bond donors (Lipinski definition) is 1. The molecule has 0 aliphatic heterocycles. The third-order valence-corrected chi connectivity index (χ3v) is 3.61. The van der Waals surface area contributed by atoms with Crippen LogP contribution in [0.3, 0.4) is 0 Å². The van der Waals surface area contributed by atoms with E-state index in [9.17, 15) is 0 Å². The van der Waals surface area contributed by atoms with E-state index in [1.165, 1.54) is 30.4 Å². The first-order valence-corrected chi connectivity index (χ1v) is 7.51. The van der Waals surface area contributed by atoms with Crippen molar-refractivity contribution in [2.75, 3.05) is 0 Å². The standard InChI is InChI=1S/C18H24N2/c1-3-4-7-16-9-11-17(12-10-16)15(2)20-14-18-8-5-6-13-19-18/h5-6,8-13,15,20H,3-4,7,14H2,1-2H3. The van der Waals surface area contributed by atoms with Gasteiger partial charge in [0.25, 0.3) is 0 Å². The molecule has 1 aromatic carbocycles. The zero-order chi connectivity index (χ0) is 14.2. The Morgan fingerprint density at radius 1 is 1.10 bits per heavy atom. The monoisotopic (exact) mass is 268 g/mol. The zero-order valence-electron chi connectivity index (χ0n) is 12.5. The van der Waals surface area contributed by atoms with Crippen LogP contribution < -0.4 is 5.32 Å². The molecule has 0 spiro atoms. The van der Waals surface area contributed by atoms with Crippen molar-refractivity contribution in [3.8, 4) is 0 Å². The van der Waals surface area contributed by atoms with Gasteiger partial charge in [-0.15, -0.1) is 0 Å². The second-order valence-electron chi connectivity index (χ2n) is 5.27. The van der Waals surface area contributed by atoms with Crippen molar-refractivity contribution in [2.45, 2.75) is 45.7 Å². The van der Waals surface area contributed by atoms with Crippen molar-refractivity contribution >= 4 is 0 Å². The molecule has 1 N–H and O–H groups in total. The Kier molecular flexibility index (Phi) is 5.75. The van der Waals surface area contributed by atoms with Gasteiger partial charge in [-0.1, -0.05) is 43.7 Å². The van der Waals surface area contributed by atoms with Crippen LogP contribution in [0.4, 0.5) is 0 Å². The minimum absolute atomic E-state index is 0.345. The number of nitrogens with zero attached hydrogens (tertiary/aromatic N) is 1. The Hall–Kier alpha value is -1.67. The Morgan fingerprint density at radius 2 is 1.90 bits per heavy atom. The largest absolute Gasteiger partial charge is 0.305 e. The van der Waals surface area contributed by atoms with Crippen LogP contribution in [0.25, 0.3) is 0 Å². The van der Waals surface area contributed by atoms with Crippen LogP contribution in [-0.4, -0.2) is 4.98 Å². The third-order valence-electron chi connectivity index (χ3n) is 3.61. The summed E-state index contributed by atoms with van der Waals surface area (Å²) in [6.07, 6.45) is 5.55. The molecule has 2 rings (SSSR count). The van der Waals surface area contributed by atoms with Crippen molar-refractivity contribution in [1.29, 1.82) is 0 Å². The van der Waals surface area contributed by atoms with E-state index < -0.39 is 0 Å². The molecule has 0 bridgehead atoms. The topological polar surface area (TPSA) is 24.9 Å². The SMILES string of the molecule is CCCCc1ccc(C(C)NCc2ccccn2)cc1. The van der Waals surface area contributed by atoms with Gasteiger partial charge in [-0.2, -0.15) is 0 Å². The molecule has 1 unspecified atom stereocenters. The Labute approximate surface area is 122 Å². The molecule has 0 aliphatic carbocycles. The Morgan fingerprint density at radius 3 is 2.55 bits per heavy atom. The van der Waals surface area contributed by atoms with E-state index in [0.29, 0.717) is 6.04 Å². The minimum Gasteiger partial charge on any atom is -0.305 e. The molecule has 2 heteroatoms. The maximum absolute atomic E-state index is 4.33. The molecule has 1 heterocycles. The molecule has 0 radical (unpaired) electrons. The lowest BCUT2D eigenvalue weighted by molar-refractivity contribution is 0.567. The average molecular weight is 268 g/mol. The van der Waals surface area contributed by atoms with E-state index in [1.54, 1.807) is 0 Å². The van der Waals surface area contributed by atoms with Crippen LogP contribution in [0.1, 0.15) is 49.6 Å². The lowest BCUT2D eigenvalue weighted by atomic mass is 10.0. The molecular weight excluding hydrogens is 244 g/mol. The number of hydrogen-bond acceptors (Lipinski definition) is 2. The fourth-order valence-electron chi connectivity index (χ4n) is 2.23. The van der Waals surface area contributed by atoms with Gasteiger partial charge in [0.05, 0.1) is 5.69 Å². The van der Waals surface area contributed by atoms with Crippen LogP contribution in [0.2, 0.25) is 0 Å². The van der Waals surface area contributed by atoms with Crippen LogP contribution in [0, 0.1) is 0 Å². The first kappa shape index (κ1) is 14.7. The van der Waals surface area contributed by atoms with Crippen LogP contribution in [0.15, 0.2) is 48.7 Å². The van der Waals surface area contributed by atoms with Crippen molar-refractivity contribution in [2.24, 2.45) is 0 Å². The molecular formula is C18H24N2. The first-order valence-electron chi connectivity index (χ1n) is 7.51. The zero-order valence-corrected chi connectivity index (χ0v) is 12.5. The summed E-state index contributed by atoms with van der Waals surface area (Å²) in [7, 11) is 0. The molecule has 106 valence electrons. The van der Waals surface area contributed by atoms with Crippen LogP contribution >= 0.6 is 0 Å². The van der Waals surface area contributed by atoms with Gasteiger partial charge < -0.3 is 5.32 Å². The van der Waals surface area contributed by atoms with Gasteiger partial charge in [0, 0.05) is 18.8 Å². The predicted molar refractivity (Wildman–Crippen MR) is 84.5 cm³/mol. The van der Waals surface area contributed by atoms with E-state index in [1.807, 2.05) is 24.4 Å². The van der Waals surface area contributed by atoms with Crippen molar-refractivity contribution < 1.29 is 0 Å². The molecule has 20 heavy (non-hydrogen) atoms. The van der Waals surface area contributed by atoms with Crippen molar-refractivity contribution in [3.63, 3.8) is 0 Å². The summed E-state index contributed by atoms with van der Waals surface area (Å²) in [6, 6.07) is 15.3. The minimum atomic E-state index is 0.345. The summed E-state index contributed by atoms with van der Waals surface area (Å²) >= 11 is 0. The number of nitrogens with one attached hydrogen (secondary N) is 1. The highest BCUT2D eigenvalue weighted by molar-refractivity contribution is 5.25. The highest BCUT2D eigenvalue weighted by atomic mass is 14.9. The molecule has 2 aromatic rings. The molecule has 1 atom stereocenters. The van der Waals surface area contributed by atoms with Gasteiger partial charge in [-0.05, 0) is 43.0 Å². The number of rotatable bonds is 7. The maximum Gasteiger partial charge on any atom is 0.0541 e. The van der Waals surface area contributed by atoms with Gasteiger partial charge >= 0.3 is 0 Å². The lowest BCUT2D eigenvalue weighted by Crippen LogP contribution is -2.18. The quantitative estimate of drug-likeness (QED) is 0.811. The van der Waals surface area contributed by atoms with Gasteiger partial charge in [-0.25, -0.2) is 0 Å². The predicted octanol–water partition coefficient (Wildman–Crippen LogP) is 4.28. The van der Waals surface area contributed by atoms with E-state index in [4.69, 9.17) is 0 Å². The van der Waals surface area contributed by atoms with E-state index in [0.717, 1.165) is 12.2 Å². The summed E-state index contributed by atoms with van der Waals surface area (Å²) in [6.45, 7) is 5.24. The lowest BCUT2D eigenvalue weighted by Gasteiger charge is -2.14. The molecule has 1 aromatic heterocycles. The van der Waals surface area contributed by atoms with Crippen LogP contribution in [0.5, 0.6) is 0 Å². The van der Waals surface area contributed by atoms with Gasteiger partial charge in [0.1, 0.15) is 0 Å². The molecule has 0 amide bonds. The van der Waals surface area contributed by atoms with Gasteiger partial charge in [0.15, 0.2) is 0 Å². The van der Waals surface area contributed by atoms with Gasteiger partial charge in [-0.3, -0.25) is 4.98 Å². The van der Waals surface area contributed by atoms with Crippen molar-refractivity contribution in [1.82, 2.24) is 10.3 Å². The number of benzene rings is 1. The number of pyridine rings is 1. The van der Waals surface area contributed by atoms with Crippen LogP contribution in [-0.2, 0) is 13.0 Å². The molecule has 0 saturated heterocycles. The van der Waals surface area contributed by atoms with Crippen molar-refractivity contribution in [3.05, 3.63) is 65.5 Å². The summed E-state index contributed by atoms with van der Waals surface area (Å²) in [5.74, 6) is 0. The molecule has 2 nitrogen and oxygen atoms in total. The third kappa shape index (κ3) is 4.46. The average Bonchev–Trinajstić information content (AvgIpc) is 2.52. The summed E-state index contributed by atoms with van der Waals surface area (Å²) in [5, 5.41) is 3.52. The second-order valence-corrected chi connectivity index (χ2v) is 5.27. The van der Waals surface area contributed by atoms with E-state index >= 15 is 0 Å². The Balaban J connectivity index is 1.87. The highest BCUT2D eigenvalue weighted by Crippen LogP contribution is 2.15. The number of aromatic nitrogens is 1. The highest BCUT2D eigenvalue weighted by Gasteiger charge is 2.05. The smallest absolute Gasteiger partial charge is 0.0541 e. The first-order chi connectivity index (χ1) is 9.79.